The summed E-state index contributed by atoms with van der Waals surface area (Å²) in [6.07, 6.45) is 1.70. The van der Waals surface area contributed by atoms with Crippen molar-refractivity contribution in [1.29, 1.82) is 0 Å². The van der Waals surface area contributed by atoms with Crippen LogP contribution < -0.4 is 4.74 Å². The first-order chi connectivity index (χ1) is 9.02. The van der Waals surface area contributed by atoms with Gasteiger partial charge in [0.05, 0.1) is 16.0 Å². The average molecular weight is 342 g/mol. The van der Waals surface area contributed by atoms with Crippen LogP contribution in [0.5, 0.6) is 5.75 Å². The number of nitrogens with zero attached hydrogens (tertiary/aromatic N) is 1. The van der Waals surface area contributed by atoms with Gasteiger partial charge in [-0.25, -0.2) is 0 Å². The molecule has 0 spiro atoms. The summed E-state index contributed by atoms with van der Waals surface area (Å²) < 4.78 is 6.23. The van der Waals surface area contributed by atoms with E-state index in [4.69, 9.17) is 4.74 Å². The lowest BCUT2D eigenvalue weighted by molar-refractivity contribution is -0.121. The second-order valence-corrected chi connectivity index (χ2v) is 5.71. The third kappa shape index (κ3) is 3.01. The number of carbonyl (C=O) groups excluding carboxylic acids is 2. The molecule has 0 unspecified atom stereocenters. The van der Waals surface area contributed by atoms with Crippen molar-refractivity contribution in [3.05, 3.63) is 33.1 Å². The smallest absolute Gasteiger partial charge is 0.293 e. The number of likely N-dealkylation sites (N-methyl/N-ethyl adjacent to an activating group) is 1. The summed E-state index contributed by atoms with van der Waals surface area (Å²) in [6, 6.07) is 5.53. The van der Waals surface area contributed by atoms with Crippen LogP contribution >= 0.6 is 27.7 Å². The Hall–Kier alpha value is -1.27. The zero-order valence-electron chi connectivity index (χ0n) is 10.5. The van der Waals surface area contributed by atoms with E-state index in [0.29, 0.717) is 11.5 Å². The van der Waals surface area contributed by atoms with Crippen molar-refractivity contribution in [2.24, 2.45) is 0 Å². The summed E-state index contributed by atoms with van der Waals surface area (Å²) in [7, 11) is 1.48. The van der Waals surface area contributed by atoms with Crippen LogP contribution in [0.25, 0.3) is 6.08 Å². The molecule has 1 saturated heterocycles. The lowest BCUT2D eigenvalue weighted by Crippen LogP contribution is -2.22. The number of thioether (sulfide) groups is 1. The fourth-order valence-corrected chi connectivity index (χ4v) is 2.91. The number of imide groups is 1. The number of rotatable bonds is 3. The fraction of sp³-hybridized carbons (Fsp3) is 0.231. The quantitative estimate of drug-likeness (QED) is 0.789. The minimum atomic E-state index is -0.264. The first-order valence-corrected chi connectivity index (χ1v) is 7.27. The number of amides is 2. The zero-order chi connectivity index (χ0) is 14.0. The monoisotopic (exact) mass is 341 g/mol. The summed E-state index contributed by atoms with van der Waals surface area (Å²) in [5.41, 5.74) is 0.842. The molecule has 1 aliphatic heterocycles. The second-order valence-electron chi connectivity index (χ2n) is 3.86. The second kappa shape index (κ2) is 5.79. The van der Waals surface area contributed by atoms with Gasteiger partial charge in [0.15, 0.2) is 0 Å². The molecule has 2 amide bonds. The van der Waals surface area contributed by atoms with E-state index in [9.17, 15) is 9.59 Å². The molecular weight excluding hydrogens is 330 g/mol. The Labute approximate surface area is 123 Å². The van der Waals surface area contributed by atoms with Crippen LogP contribution in [-0.2, 0) is 4.79 Å². The summed E-state index contributed by atoms with van der Waals surface area (Å²) in [5, 5.41) is -0.249. The van der Waals surface area contributed by atoms with Crippen molar-refractivity contribution < 1.29 is 14.3 Å². The van der Waals surface area contributed by atoms with Crippen molar-refractivity contribution in [2.45, 2.75) is 6.92 Å². The van der Waals surface area contributed by atoms with Gasteiger partial charge in [-0.2, -0.15) is 0 Å². The molecule has 0 saturated carbocycles. The molecule has 0 bridgehead atoms. The fourth-order valence-electron chi connectivity index (χ4n) is 1.58. The molecule has 0 atom stereocenters. The van der Waals surface area contributed by atoms with Crippen molar-refractivity contribution in [2.75, 3.05) is 13.7 Å². The first kappa shape index (κ1) is 14.1. The maximum absolute atomic E-state index is 11.8. The third-order valence-electron chi connectivity index (χ3n) is 2.54. The lowest BCUT2D eigenvalue weighted by atomic mass is 10.2. The summed E-state index contributed by atoms with van der Waals surface area (Å²) in [5.74, 6) is 0.489. The largest absolute Gasteiger partial charge is 0.493 e. The minimum Gasteiger partial charge on any atom is -0.493 e. The first-order valence-electron chi connectivity index (χ1n) is 5.67. The lowest BCUT2D eigenvalue weighted by Gasteiger charge is -2.06. The van der Waals surface area contributed by atoms with Crippen molar-refractivity contribution >= 4 is 44.9 Å². The van der Waals surface area contributed by atoms with Crippen LogP contribution in [0.4, 0.5) is 4.79 Å². The number of halogens is 1. The molecule has 0 aromatic heterocycles. The van der Waals surface area contributed by atoms with E-state index in [1.807, 2.05) is 25.1 Å². The molecule has 2 rings (SSSR count). The Morgan fingerprint density at radius 1 is 1.42 bits per heavy atom. The van der Waals surface area contributed by atoms with Gasteiger partial charge in [-0.05, 0) is 58.4 Å². The molecule has 0 aliphatic carbocycles. The van der Waals surface area contributed by atoms with Gasteiger partial charge in [0.25, 0.3) is 11.1 Å². The predicted octanol–water partition coefficient (Wildman–Crippen LogP) is 3.51. The number of hydrogen-bond donors (Lipinski definition) is 0. The van der Waals surface area contributed by atoms with Crippen LogP contribution in [0.1, 0.15) is 12.5 Å². The van der Waals surface area contributed by atoms with E-state index < -0.39 is 0 Å². The maximum atomic E-state index is 11.8. The molecular formula is C13H12BrNO3S. The highest BCUT2D eigenvalue weighted by Crippen LogP contribution is 2.32. The van der Waals surface area contributed by atoms with E-state index in [0.717, 1.165) is 32.4 Å². The summed E-state index contributed by atoms with van der Waals surface area (Å²) in [6.45, 7) is 2.50. The molecule has 1 heterocycles. The normalized spacial score (nSPS) is 17.4. The molecule has 1 aromatic rings. The third-order valence-corrected chi connectivity index (χ3v) is 4.12. The molecule has 100 valence electrons. The Balaban J connectivity index is 2.27. The highest BCUT2D eigenvalue weighted by Gasteiger charge is 2.31. The molecule has 0 N–H and O–H groups in total. The topological polar surface area (TPSA) is 46.6 Å². The molecule has 1 aliphatic rings. The van der Waals surface area contributed by atoms with Crippen LogP contribution in [0.3, 0.4) is 0 Å². The van der Waals surface area contributed by atoms with E-state index in [1.54, 1.807) is 6.08 Å². The summed E-state index contributed by atoms with van der Waals surface area (Å²) in [4.78, 5) is 24.7. The van der Waals surface area contributed by atoms with Gasteiger partial charge in [-0.15, -0.1) is 0 Å². The minimum absolute atomic E-state index is 0.249. The van der Waals surface area contributed by atoms with Gasteiger partial charge < -0.3 is 4.74 Å². The molecule has 19 heavy (non-hydrogen) atoms. The maximum Gasteiger partial charge on any atom is 0.293 e. The van der Waals surface area contributed by atoms with Gasteiger partial charge in [0.2, 0.25) is 0 Å². The van der Waals surface area contributed by atoms with E-state index in [-0.39, 0.29) is 11.1 Å². The van der Waals surface area contributed by atoms with Crippen molar-refractivity contribution in [3.8, 4) is 5.75 Å². The van der Waals surface area contributed by atoms with Crippen LogP contribution in [-0.4, -0.2) is 29.7 Å². The van der Waals surface area contributed by atoms with Crippen LogP contribution in [0, 0.1) is 0 Å². The van der Waals surface area contributed by atoms with Crippen molar-refractivity contribution in [1.82, 2.24) is 4.90 Å². The van der Waals surface area contributed by atoms with Gasteiger partial charge >= 0.3 is 0 Å². The number of hydrogen-bond acceptors (Lipinski definition) is 4. The Kier molecular flexibility index (Phi) is 4.31. The van der Waals surface area contributed by atoms with E-state index in [1.165, 1.54) is 7.05 Å². The average Bonchev–Trinajstić information content (AvgIpc) is 2.61. The molecule has 1 aromatic carbocycles. The Morgan fingerprint density at radius 2 is 2.16 bits per heavy atom. The van der Waals surface area contributed by atoms with Gasteiger partial charge in [0, 0.05) is 7.05 Å². The van der Waals surface area contributed by atoms with Crippen LogP contribution in [0.15, 0.2) is 27.6 Å². The highest BCUT2D eigenvalue weighted by molar-refractivity contribution is 9.10. The number of ether oxygens (including phenoxy) is 1. The standard InChI is InChI=1S/C13H12BrNO3S/c1-3-18-10-5-4-8(6-9(10)14)7-11-12(16)15(2)13(17)19-11/h4-7H,3H2,1-2H3/b11-7-. The number of benzene rings is 1. The number of carbonyl (C=O) groups is 2. The SMILES string of the molecule is CCOc1ccc(/C=C2\SC(=O)N(C)C2=O)cc1Br. The zero-order valence-corrected chi connectivity index (χ0v) is 12.9. The molecule has 4 nitrogen and oxygen atoms in total. The molecule has 6 heteroatoms. The van der Waals surface area contributed by atoms with E-state index in [2.05, 4.69) is 15.9 Å². The highest BCUT2D eigenvalue weighted by atomic mass is 79.9. The predicted molar refractivity (Wildman–Crippen MR) is 79.0 cm³/mol. The van der Waals surface area contributed by atoms with Gasteiger partial charge in [-0.1, -0.05) is 6.07 Å². The molecule has 0 radical (unpaired) electrons. The molecule has 1 fully saturated rings. The van der Waals surface area contributed by atoms with Gasteiger partial charge in [-0.3, -0.25) is 14.5 Å². The Morgan fingerprint density at radius 3 is 2.68 bits per heavy atom. The summed E-state index contributed by atoms with van der Waals surface area (Å²) >= 11 is 4.36. The van der Waals surface area contributed by atoms with Gasteiger partial charge in [0.1, 0.15) is 5.75 Å². The van der Waals surface area contributed by atoms with Crippen LogP contribution in [0.2, 0.25) is 0 Å². The Bertz CT molecular complexity index is 571. The van der Waals surface area contributed by atoms with Crippen molar-refractivity contribution in [3.63, 3.8) is 0 Å². The van der Waals surface area contributed by atoms with E-state index >= 15 is 0 Å².